The molecule has 3 heterocycles. The third kappa shape index (κ3) is 5.63. The number of hydrogen-bond donors (Lipinski definition) is 1. The van der Waals surface area contributed by atoms with E-state index in [9.17, 15) is 4.79 Å². The lowest BCUT2D eigenvalue weighted by Crippen LogP contribution is -2.43. The molecule has 2 saturated heterocycles. The van der Waals surface area contributed by atoms with E-state index in [2.05, 4.69) is 14.9 Å². The molecule has 2 aliphatic heterocycles. The van der Waals surface area contributed by atoms with Gasteiger partial charge in [0.2, 0.25) is 5.95 Å². The van der Waals surface area contributed by atoms with Gasteiger partial charge in [0.15, 0.2) is 18.1 Å². The molecule has 4 rings (SSSR count). The standard InChI is InChI=1S/C23H30ClN5O5/c1-15-10-21(27-23(25)26-15)29-4-3-7-33-13-18(29)16-11-19(31-2)20(12-17(16)24)34-14-22(30)28-5-8-32-9-6-28/h10-12,18H,3-9,13-14H2,1-2H3,(H2,25,26,27). The van der Waals surface area contributed by atoms with Crippen LogP contribution in [0.4, 0.5) is 11.8 Å². The van der Waals surface area contributed by atoms with Crippen molar-refractivity contribution in [3.63, 3.8) is 0 Å². The van der Waals surface area contributed by atoms with Crippen LogP contribution in [0, 0.1) is 6.92 Å². The molecule has 1 aromatic carbocycles. The molecule has 184 valence electrons. The van der Waals surface area contributed by atoms with Crippen LogP contribution in [-0.4, -0.2) is 80.6 Å². The number of amides is 1. The Morgan fingerprint density at radius 2 is 1.94 bits per heavy atom. The van der Waals surface area contributed by atoms with Crippen molar-refractivity contribution in [2.45, 2.75) is 19.4 Å². The first-order valence-corrected chi connectivity index (χ1v) is 11.7. The third-order valence-corrected chi connectivity index (χ3v) is 6.18. The molecule has 2 fully saturated rings. The number of carbonyl (C=O) groups is 1. The Morgan fingerprint density at radius 3 is 2.68 bits per heavy atom. The lowest BCUT2D eigenvalue weighted by Gasteiger charge is -2.32. The number of methoxy groups -OCH3 is 1. The largest absolute Gasteiger partial charge is 0.493 e. The van der Waals surface area contributed by atoms with Gasteiger partial charge in [0, 0.05) is 49.1 Å². The SMILES string of the molecule is COc1cc(C2COCCCN2c2cc(C)nc(N)n2)c(Cl)cc1OCC(=O)N1CCOCC1. The highest BCUT2D eigenvalue weighted by Gasteiger charge is 2.28. The Labute approximate surface area is 203 Å². The highest BCUT2D eigenvalue weighted by atomic mass is 35.5. The molecule has 11 heteroatoms. The number of ether oxygens (including phenoxy) is 4. The van der Waals surface area contributed by atoms with Crippen LogP contribution in [-0.2, 0) is 14.3 Å². The molecule has 2 aromatic rings. The van der Waals surface area contributed by atoms with Crippen LogP contribution in [0.15, 0.2) is 18.2 Å². The van der Waals surface area contributed by atoms with Crippen molar-refractivity contribution in [2.75, 3.05) is 70.4 Å². The Morgan fingerprint density at radius 1 is 1.15 bits per heavy atom. The van der Waals surface area contributed by atoms with Gasteiger partial charge in [-0.15, -0.1) is 0 Å². The Bertz CT molecular complexity index is 997. The van der Waals surface area contributed by atoms with E-state index >= 15 is 0 Å². The molecule has 1 amide bonds. The van der Waals surface area contributed by atoms with E-state index < -0.39 is 0 Å². The zero-order valence-corrected chi connectivity index (χ0v) is 20.2. The number of benzene rings is 1. The van der Waals surface area contributed by atoms with Gasteiger partial charge in [0.25, 0.3) is 5.91 Å². The molecular formula is C23H30ClN5O5. The fraction of sp³-hybridized carbons (Fsp3) is 0.522. The van der Waals surface area contributed by atoms with Crippen LogP contribution in [0.1, 0.15) is 23.7 Å². The summed E-state index contributed by atoms with van der Waals surface area (Å²) in [5, 5.41) is 0.480. The molecule has 10 nitrogen and oxygen atoms in total. The van der Waals surface area contributed by atoms with Crippen LogP contribution >= 0.6 is 11.6 Å². The van der Waals surface area contributed by atoms with E-state index in [0.29, 0.717) is 68.4 Å². The first kappa shape index (κ1) is 24.3. The summed E-state index contributed by atoms with van der Waals surface area (Å²) in [4.78, 5) is 25.0. The topological polar surface area (TPSA) is 112 Å². The molecule has 2 N–H and O–H groups in total. The molecule has 0 bridgehead atoms. The molecule has 1 unspecified atom stereocenters. The van der Waals surface area contributed by atoms with Gasteiger partial charge >= 0.3 is 0 Å². The van der Waals surface area contributed by atoms with E-state index in [1.807, 2.05) is 19.1 Å². The molecule has 0 aliphatic carbocycles. The molecule has 0 spiro atoms. The maximum Gasteiger partial charge on any atom is 0.260 e. The molecule has 1 atom stereocenters. The minimum Gasteiger partial charge on any atom is -0.493 e. The van der Waals surface area contributed by atoms with Gasteiger partial charge in [-0.2, -0.15) is 4.98 Å². The monoisotopic (exact) mass is 491 g/mol. The maximum absolute atomic E-state index is 12.5. The van der Waals surface area contributed by atoms with Gasteiger partial charge in [-0.3, -0.25) is 4.79 Å². The fourth-order valence-electron chi connectivity index (χ4n) is 4.15. The number of nitrogen functional groups attached to an aromatic ring is 1. The van der Waals surface area contributed by atoms with Crippen molar-refractivity contribution in [3.8, 4) is 11.5 Å². The predicted octanol–water partition coefficient (Wildman–Crippen LogP) is 2.23. The van der Waals surface area contributed by atoms with Crippen molar-refractivity contribution in [1.29, 1.82) is 0 Å². The number of morpholine rings is 1. The summed E-state index contributed by atoms with van der Waals surface area (Å²) in [6.07, 6.45) is 0.832. The number of nitrogens with two attached hydrogens (primary N) is 1. The average molecular weight is 492 g/mol. The number of aromatic nitrogens is 2. The zero-order valence-electron chi connectivity index (χ0n) is 19.5. The number of hydrogen-bond acceptors (Lipinski definition) is 9. The lowest BCUT2D eigenvalue weighted by atomic mass is 10.0. The van der Waals surface area contributed by atoms with Crippen LogP contribution in [0.25, 0.3) is 0 Å². The zero-order chi connectivity index (χ0) is 24.1. The first-order chi connectivity index (χ1) is 16.5. The van der Waals surface area contributed by atoms with Crippen LogP contribution in [0.2, 0.25) is 5.02 Å². The predicted molar refractivity (Wildman–Crippen MR) is 128 cm³/mol. The second-order valence-electron chi connectivity index (χ2n) is 8.17. The number of halogens is 1. The molecule has 34 heavy (non-hydrogen) atoms. The molecule has 1 aromatic heterocycles. The van der Waals surface area contributed by atoms with E-state index in [4.69, 9.17) is 36.3 Å². The fourth-order valence-corrected chi connectivity index (χ4v) is 4.43. The summed E-state index contributed by atoms with van der Waals surface area (Å²) in [5.41, 5.74) is 7.50. The normalized spacial score (nSPS) is 19.0. The minimum absolute atomic E-state index is 0.106. The Hall–Kier alpha value is -2.82. The number of rotatable bonds is 6. The van der Waals surface area contributed by atoms with Crippen molar-refractivity contribution >= 4 is 29.3 Å². The van der Waals surface area contributed by atoms with E-state index in [0.717, 1.165) is 17.7 Å². The van der Waals surface area contributed by atoms with Crippen molar-refractivity contribution in [1.82, 2.24) is 14.9 Å². The molecular weight excluding hydrogens is 462 g/mol. The Balaban J connectivity index is 1.58. The summed E-state index contributed by atoms with van der Waals surface area (Å²) >= 11 is 6.74. The quantitative estimate of drug-likeness (QED) is 0.649. The summed E-state index contributed by atoms with van der Waals surface area (Å²) in [5.74, 6) is 1.71. The van der Waals surface area contributed by atoms with Crippen LogP contribution < -0.4 is 20.1 Å². The van der Waals surface area contributed by atoms with Gasteiger partial charge in [-0.05, 0) is 25.0 Å². The Kier molecular flexibility index (Phi) is 7.91. The summed E-state index contributed by atoms with van der Waals surface area (Å²) in [6, 6.07) is 5.20. The summed E-state index contributed by atoms with van der Waals surface area (Å²) < 4.78 is 22.6. The van der Waals surface area contributed by atoms with Crippen molar-refractivity contribution < 1.29 is 23.7 Å². The first-order valence-electron chi connectivity index (χ1n) is 11.3. The number of aryl methyl sites for hydroxylation is 1. The number of carbonyl (C=O) groups excluding carboxylic acids is 1. The van der Waals surface area contributed by atoms with Gasteiger partial charge in [-0.1, -0.05) is 11.6 Å². The van der Waals surface area contributed by atoms with Crippen molar-refractivity contribution in [3.05, 3.63) is 34.5 Å². The van der Waals surface area contributed by atoms with E-state index in [1.165, 1.54) is 0 Å². The summed E-state index contributed by atoms with van der Waals surface area (Å²) in [6.45, 7) is 5.72. The second-order valence-corrected chi connectivity index (χ2v) is 8.58. The van der Waals surface area contributed by atoms with Crippen LogP contribution in [0.5, 0.6) is 11.5 Å². The second kappa shape index (κ2) is 11.1. The highest BCUT2D eigenvalue weighted by molar-refractivity contribution is 6.31. The molecule has 0 radical (unpaired) electrons. The molecule has 2 aliphatic rings. The minimum atomic E-state index is -0.221. The van der Waals surface area contributed by atoms with Gasteiger partial charge in [-0.25, -0.2) is 4.98 Å². The summed E-state index contributed by atoms with van der Waals surface area (Å²) in [7, 11) is 1.56. The lowest BCUT2D eigenvalue weighted by molar-refractivity contribution is -0.137. The van der Waals surface area contributed by atoms with Gasteiger partial charge < -0.3 is 34.5 Å². The van der Waals surface area contributed by atoms with Crippen molar-refractivity contribution in [2.24, 2.45) is 0 Å². The maximum atomic E-state index is 12.5. The number of nitrogens with zero attached hydrogens (tertiary/aromatic N) is 4. The molecule has 0 saturated carbocycles. The number of anilines is 2. The van der Waals surface area contributed by atoms with Gasteiger partial charge in [0.05, 0.1) is 33.0 Å². The highest BCUT2D eigenvalue weighted by Crippen LogP contribution is 2.39. The van der Waals surface area contributed by atoms with Crippen LogP contribution in [0.3, 0.4) is 0 Å². The van der Waals surface area contributed by atoms with Gasteiger partial charge in [0.1, 0.15) is 5.82 Å². The smallest absolute Gasteiger partial charge is 0.260 e. The van der Waals surface area contributed by atoms with E-state index in [-0.39, 0.29) is 24.5 Å². The van der Waals surface area contributed by atoms with E-state index in [1.54, 1.807) is 18.1 Å². The average Bonchev–Trinajstić information content (AvgIpc) is 3.08. The third-order valence-electron chi connectivity index (χ3n) is 5.85.